The van der Waals surface area contributed by atoms with Crippen molar-refractivity contribution < 1.29 is 40.0 Å². The molecule has 0 spiro atoms. The first-order valence-electron chi connectivity index (χ1n) is 22.4. The van der Waals surface area contributed by atoms with E-state index >= 15 is 8.78 Å². The zero-order valence-corrected chi connectivity index (χ0v) is 39.3. The summed E-state index contributed by atoms with van der Waals surface area (Å²) >= 11 is 0.385. The van der Waals surface area contributed by atoms with E-state index in [2.05, 4.69) is 49.5 Å². The van der Waals surface area contributed by atoms with Gasteiger partial charge in [-0.25, -0.2) is 22.6 Å². The minimum Gasteiger partial charge on any atom is -0.618 e. The third-order valence-corrected chi connectivity index (χ3v) is 14.6. The lowest BCUT2D eigenvalue weighted by Gasteiger charge is -2.24. The predicted molar refractivity (Wildman–Crippen MR) is 262 cm³/mol. The summed E-state index contributed by atoms with van der Waals surface area (Å²) in [5, 5.41) is 27.7. The normalized spacial score (nSPS) is 12.6. The molecule has 2 aliphatic rings. The summed E-state index contributed by atoms with van der Waals surface area (Å²) in [7, 11) is -4.91. The summed E-state index contributed by atoms with van der Waals surface area (Å²) in [6.07, 6.45) is 2.55. The molecule has 0 fully saturated rings. The molecule has 14 heteroatoms. The van der Waals surface area contributed by atoms with Gasteiger partial charge in [0.1, 0.15) is 16.2 Å². The summed E-state index contributed by atoms with van der Waals surface area (Å²) in [5.74, 6) is -6.72. The molecule has 350 valence electrons. The van der Waals surface area contributed by atoms with Crippen LogP contribution in [0.3, 0.4) is 0 Å². The van der Waals surface area contributed by atoms with Crippen molar-refractivity contribution in [1.29, 1.82) is 0 Å². The van der Waals surface area contributed by atoms with Crippen molar-refractivity contribution in [2.45, 2.75) is 62.7 Å². The monoisotopic (exact) mass is 959 g/mol. The molecule has 1 unspecified atom stereocenters. The van der Waals surface area contributed by atoms with Crippen molar-refractivity contribution in [1.82, 2.24) is 0 Å². The van der Waals surface area contributed by atoms with Crippen molar-refractivity contribution >= 4 is 49.8 Å². The van der Waals surface area contributed by atoms with Crippen LogP contribution in [0.25, 0.3) is 44.5 Å². The third-order valence-electron chi connectivity index (χ3n) is 11.8. The average molecular weight is 960 g/mol. The number of aliphatic hydroxyl groups is 1. The fraction of sp³-hybridized carbons (Fsp3) is 0.204. The van der Waals surface area contributed by atoms with Gasteiger partial charge < -0.3 is 20.0 Å². The summed E-state index contributed by atoms with van der Waals surface area (Å²) in [5.41, 5.74) is 8.12. The number of thioether (sulfide) groups is 1. The van der Waals surface area contributed by atoms with E-state index in [0.717, 1.165) is 64.9 Å². The molecule has 0 saturated carbocycles. The number of aryl methyl sites for hydroxylation is 3. The molecule has 0 radical (unpaired) electrons. The van der Waals surface area contributed by atoms with Crippen molar-refractivity contribution in [2.75, 3.05) is 24.2 Å². The third kappa shape index (κ3) is 9.69. The van der Waals surface area contributed by atoms with Gasteiger partial charge >= 0.3 is 10.0 Å². The first kappa shape index (κ1) is 48.2. The highest BCUT2D eigenvalue weighted by Crippen LogP contribution is 2.44. The highest BCUT2D eigenvalue weighted by molar-refractivity contribution is 7.99. The molecule has 6 aromatic rings. The van der Waals surface area contributed by atoms with Crippen LogP contribution in [0.2, 0.25) is 0 Å². The largest absolute Gasteiger partial charge is 0.618 e. The van der Waals surface area contributed by atoms with E-state index in [9.17, 15) is 22.4 Å². The van der Waals surface area contributed by atoms with Crippen LogP contribution in [0.15, 0.2) is 147 Å². The standard InChI is InChI=1S/C54H49F4N3O5S2/c1-4-13-35-18-11-15-33(3)52(35)59-37-23-25-40-44(31-37)66-45-32-38(60-53-36(14-5-2)19-12-21-39(53)34-16-7-6-8-17-34)24-26-41(45)47(40)42-20-9-10-22-46(42)68(64,65)61(63)28-27-43-48(55)50(57)54(67-30-29-62)51(58)49(43)56/h6-12,15-26,31-32,60-62H,4-5,13-14,27-30H2,1-3H3. The molecular formula is C54H49F4N3O5S2. The van der Waals surface area contributed by atoms with Crippen molar-refractivity contribution in [3.8, 4) is 33.6 Å². The number of para-hydroxylation sites is 2. The lowest BCUT2D eigenvalue weighted by Crippen LogP contribution is -3.09. The Balaban J connectivity index is 1.27. The van der Waals surface area contributed by atoms with E-state index in [0.29, 0.717) is 50.7 Å². The lowest BCUT2D eigenvalue weighted by atomic mass is 9.93. The highest BCUT2D eigenvalue weighted by atomic mass is 32.2. The molecule has 1 heterocycles. The number of benzene rings is 7. The second-order valence-electron chi connectivity index (χ2n) is 16.4. The van der Waals surface area contributed by atoms with E-state index in [1.54, 1.807) is 24.3 Å². The number of nitrogens with zero attached hydrogens (tertiary/aromatic N) is 1. The molecule has 3 N–H and O–H groups in total. The minimum atomic E-state index is -4.91. The van der Waals surface area contributed by atoms with Crippen LogP contribution < -0.4 is 15.1 Å². The van der Waals surface area contributed by atoms with Crippen LogP contribution >= 0.6 is 11.8 Å². The first-order valence-corrected chi connectivity index (χ1v) is 24.9. The molecule has 0 aromatic heterocycles. The fourth-order valence-corrected chi connectivity index (χ4v) is 10.6. The van der Waals surface area contributed by atoms with Crippen LogP contribution in [0.4, 0.5) is 34.6 Å². The second-order valence-corrected chi connectivity index (χ2v) is 19.4. The average Bonchev–Trinajstić information content (AvgIpc) is 3.34. The Kier molecular flexibility index (Phi) is 14.8. The molecule has 8 rings (SSSR count). The van der Waals surface area contributed by atoms with Crippen LogP contribution in [0, 0.1) is 35.4 Å². The molecule has 1 aliphatic carbocycles. The Morgan fingerprint density at radius 3 is 2.15 bits per heavy atom. The number of rotatable bonds is 17. The van der Waals surface area contributed by atoms with Crippen LogP contribution in [0.5, 0.6) is 0 Å². The predicted octanol–water partition coefficient (Wildman–Crippen LogP) is 12.0. The van der Waals surface area contributed by atoms with Crippen LogP contribution in [-0.4, -0.2) is 32.4 Å². The molecule has 0 saturated heterocycles. The molecule has 1 aliphatic heterocycles. The van der Waals surface area contributed by atoms with Gasteiger partial charge in [-0.1, -0.05) is 112 Å². The van der Waals surface area contributed by atoms with Gasteiger partial charge in [0.2, 0.25) is 0 Å². The van der Waals surface area contributed by atoms with E-state index in [4.69, 9.17) is 14.5 Å². The number of sulfonamides is 1. The number of aliphatic hydroxyl groups excluding tert-OH is 1. The van der Waals surface area contributed by atoms with Crippen molar-refractivity contribution in [2.24, 2.45) is 4.99 Å². The SMILES string of the molecule is CCCc1cccc(C)c1N=c1ccc2c(-c3ccccc3S(=O)(=O)[NH+]([O-])CCc3c(F)c(F)c(SCCO)c(F)c3F)c3ccc(Nc4c(CCC)cccc4-c4ccccc4)cc3oc-2c1. The van der Waals surface area contributed by atoms with E-state index in [-0.39, 0.29) is 16.2 Å². The smallest absolute Gasteiger partial charge is 0.326 e. The van der Waals surface area contributed by atoms with Gasteiger partial charge in [-0.05, 0) is 72.4 Å². The maximum absolute atomic E-state index is 15.2. The zero-order valence-electron chi connectivity index (χ0n) is 37.6. The van der Waals surface area contributed by atoms with E-state index < -0.39 is 67.8 Å². The molecule has 68 heavy (non-hydrogen) atoms. The quantitative estimate of drug-likeness (QED) is 0.0273. The second kappa shape index (κ2) is 20.9. The molecule has 0 amide bonds. The molecule has 6 aromatic carbocycles. The number of fused-ring (bicyclic) bond motifs is 2. The minimum absolute atomic E-state index is 0.153. The van der Waals surface area contributed by atoms with Crippen molar-refractivity contribution in [3.63, 3.8) is 0 Å². The summed E-state index contributed by atoms with van der Waals surface area (Å²) < 4.78 is 94.3. The fourth-order valence-electron chi connectivity index (χ4n) is 8.57. The first-order chi connectivity index (χ1) is 32.9. The van der Waals surface area contributed by atoms with Gasteiger partial charge in [-0.3, -0.25) is 4.47 Å². The number of halogens is 4. The Morgan fingerprint density at radius 2 is 1.41 bits per heavy atom. The number of hydrogen-bond donors (Lipinski definition) is 3. The topological polar surface area (TPSA) is 119 Å². The van der Waals surface area contributed by atoms with Crippen molar-refractivity contribution in [3.05, 3.63) is 183 Å². The lowest BCUT2D eigenvalue weighted by molar-refractivity contribution is -0.707. The van der Waals surface area contributed by atoms with E-state index in [1.807, 2.05) is 67.6 Å². The zero-order chi connectivity index (χ0) is 48.1. The Labute approximate surface area is 397 Å². The molecule has 1 atom stereocenters. The number of nitrogens with one attached hydrogen (secondary N) is 2. The number of hydrogen-bond acceptors (Lipinski definition) is 8. The molecular weight excluding hydrogens is 911 g/mol. The van der Waals surface area contributed by atoms with E-state index in [1.165, 1.54) is 12.1 Å². The summed E-state index contributed by atoms with van der Waals surface area (Å²) in [6.45, 7) is 4.75. The number of hydroxylamine groups is 1. The Bertz CT molecular complexity index is 3260. The summed E-state index contributed by atoms with van der Waals surface area (Å²) in [6, 6.07) is 39.2. The van der Waals surface area contributed by atoms with Gasteiger partial charge in [0.15, 0.2) is 23.3 Å². The van der Waals surface area contributed by atoms with Gasteiger partial charge in [0, 0.05) is 68.9 Å². The Morgan fingerprint density at radius 1 is 0.735 bits per heavy atom. The molecule has 0 bridgehead atoms. The van der Waals surface area contributed by atoms with Gasteiger partial charge in [0.05, 0.1) is 29.1 Å². The van der Waals surface area contributed by atoms with Gasteiger partial charge in [-0.2, -0.15) is 8.42 Å². The maximum Gasteiger partial charge on any atom is 0.326 e. The highest BCUT2D eigenvalue weighted by Gasteiger charge is 2.31. The van der Waals surface area contributed by atoms with Gasteiger partial charge in [0.25, 0.3) is 0 Å². The number of anilines is 2. The Hall–Kier alpha value is -6.29. The maximum atomic E-state index is 15.2. The van der Waals surface area contributed by atoms with Gasteiger partial charge in [-0.15, -0.1) is 11.8 Å². The van der Waals surface area contributed by atoms with Crippen LogP contribution in [0.1, 0.15) is 48.9 Å². The molecule has 8 nitrogen and oxygen atoms in total. The number of quaternary nitrogens is 1. The van der Waals surface area contributed by atoms with Crippen LogP contribution in [-0.2, 0) is 29.3 Å². The summed E-state index contributed by atoms with van der Waals surface area (Å²) in [4.78, 5) is 3.73.